The number of alkyl halides is 1. The highest BCUT2D eigenvalue weighted by Crippen LogP contribution is 2.24. The summed E-state index contributed by atoms with van der Waals surface area (Å²) in [5.74, 6) is 0.529. The number of rotatable bonds is 8. The van der Waals surface area contributed by atoms with E-state index in [9.17, 15) is 4.79 Å². The van der Waals surface area contributed by atoms with E-state index in [2.05, 4.69) is 0 Å². The highest BCUT2D eigenvalue weighted by atomic mass is 35.5. The molecule has 0 aromatic heterocycles. The first-order chi connectivity index (χ1) is 7.79. The van der Waals surface area contributed by atoms with E-state index < -0.39 is 0 Å². The Morgan fingerprint density at radius 3 is 2.69 bits per heavy atom. The molecule has 0 atom stereocenters. The Bertz CT molecular complexity index is 209. The van der Waals surface area contributed by atoms with Crippen LogP contribution in [0.4, 0.5) is 0 Å². The molecular weight excluding hydrogens is 230 g/mol. The van der Waals surface area contributed by atoms with Crippen molar-refractivity contribution in [2.45, 2.75) is 25.3 Å². The van der Waals surface area contributed by atoms with Crippen LogP contribution in [0.2, 0.25) is 0 Å². The molecule has 0 unspecified atom stereocenters. The van der Waals surface area contributed by atoms with E-state index in [1.54, 1.807) is 7.11 Å². The van der Waals surface area contributed by atoms with Gasteiger partial charge in [0.15, 0.2) is 0 Å². The normalized spacial score (nSPS) is 15.9. The third kappa shape index (κ3) is 4.28. The van der Waals surface area contributed by atoms with Crippen molar-refractivity contribution in [3.05, 3.63) is 0 Å². The van der Waals surface area contributed by atoms with Gasteiger partial charge in [-0.3, -0.25) is 4.79 Å². The Labute approximate surface area is 102 Å². The van der Waals surface area contributed by atoms with E-state index in [0.717, 1.165) is 12.8 Å². The molecule has 5 heteroatoms. The van der Waals surface area contributed by atoms with Crippen LogP contribution in [0.25, 0.3) is 0 Å². The number of methoxy groups -OCH3 is 1. The molecule has 0 heterocycles. The molecule has 0 bridgehead atoms. The molecule has 0 aliphatic heterocycles. The van der Waals surface area contributed by atoms with Crippen molar-refractivity contribution in [3.63, 3.8) is 0 Å². The van der Waals surface area contributed by atoms with Gasteiger partial charge in [0.05, 0.1) is 13.2 Å². The molecule has 0 radical (unpaired) electrons. The number of carbonyl (C=O) groups excluding carboxylic acids is 1. The average molecular weight is 250 g/mol. The minimum Gasteiger partial charge on any atom is -0.382 e. The molecule has 0 aromatic carbocycles. The second-order valence-corrected chi connectivity index (χ2v) is 4.28. The van der Waals surface area contributed by atoms with E-state index in [0.29, 0.717) is 31.7 Å². The first-order valence-electron chi connectivity index (χ1n) is 5.71. The fraction of sp³-hybridized carbons (Fsp3) is 0.909. The molecule has 1 aliphatic rings. The number of hydrogen-bond donors (Lipinski definition) is 0. The number of nitrogens with zero attached hydrogens (tertiary/aromatic N) is 1. The first-order valence-corrected chi connectivity index (χ1v) is 6.25. The second kappa shape index (κ2) is 7.87. The smallest absolute Gasteiger partial charge is 0.248 e. The highest BCUT2D eigenvalue weighted by molar-refractivity contribution is 6.18. The Balaban J connectivity index is 2.23. The number of ether oxygens (including phenoxy) is 2. The average Bonchev–Trinajstić information content (AvgIpc) is 2.21. The Morgan fingerprint density at radius 1 is 1.44 bits per heavy atom. The minimum atomic E-state index is 0.0430. The summed E-state index contributed by atoms with van der Waals surface area (Å²) >= 11 is 5.69. The molecule has 0 saturated heterocycles. The Morgan fingerprint density at radius 2 is 2.19 bits per heavy atom. The van der Waals surface area contributed by atoms with Crippen LogP contribution in [0.1, 0.15) is 19.3 Å². The summed E-state index contributed by atoms with van der Waals surface area (Å²) < 4.78 is 10.1. The van der Waals surface area contributed by atoms with Crippen LogP contribution >= 0.6 is 11.6 Å². The van der Waals surface area contributed by atoms with Gasteiger partial charge in [-0.05, 0) is 19.3 Å². The van der Waals surface area contributed by atoms with Gasteiger partial charge in [0, 0.05) is 25.6 Å². The zero-order chi connectivity index (χ0) is 11.8. The van der Waals surface area contributed by atoms with Crippen LogP contribution in [0.5, 0.6) is 0 Å². The quantitative estimate of drug-likeness (QED) is 0.480. The fourth-order valence-corrected chi connectivity index (χ4v) is 1.87. The zero-order valence-corrected chi connectivity index (χ0v) is 10.5. The summed E-state index contributed by atoms with van der Waals surface area (Å²) in [6.45, 7) is 1.74. The minimum absolute atomic E-state index is 0.0430. The van der Waals surface area contributed by atoms with Gasteiger partial charge >= 0.3 is 0 Å². The number of hydrogen-bond acceptors (Lipinski definition) is 3. The predicted octanol–water partition coefficient (Wildman–Crippen LogP) is 1.27. The summed E-state index contributed by atoms with van der Waals surface area (Å²) in [6.07, 6.45) is 3.41. The van der Waals surface area contributed by atoms with E-state index in [4.69, 9.17) is 21.1 Å². The van der Waals surface area contributed by atoms with Gasteiger partial charge in [0.1, 0.15) is 6.61 Å². The molecule has 0 spiro atoms. The van der Waals surface area contributed by atoms with E-state index in [1.165, 1.54) is 6.42 Å². The maximum absolute atomic E-state index is 11.8. The zero-order valence-electron chi connectivity index (χ0n) is 9.78. The molecule has 16 heavy (non-hydrogen) atoms. The van der Waals surface area contributed by atoms with Crippen molar-refractivity contribution in [2.75, 3.05) is 39.4 Å². The number of carbonyl (C=O) groups is 1. The van der Waals surface area contributed by atoms with Crippen LogP contribution < -0.4 is 0 Å². The Kier molecular flexibility index (Phi) is 6.76. The molecule has 1 amide bonds. The lowest BCUT2D eigenvalue weighted by atomic mass is 9.91. The van der Waals surface area contributed by atoms with Crippen molar-refractivity contribution in [2.24, 2.45) is 0 Å². The van der Waals surface area contributed by atoms with Gasteiger partial charge in [-0.25, -0.2) is 0 Å². The topological polar surface area (TPSA) is 38.8 Å². The van der Waals surface area contributed by atoms with Crippen molar-refractivity contribution < 1.29 is 14.3 Å². The second-order valence-electron chi connectivity index (χ2n) is 3.91. The van der Waals surface area contributed by atoms with Gasteiger partial charge in [-0.15, -0.1) is 11.6 Å². The SMILES string of the molecule is COCCOCC(=O)N(CCCl)C1CCC1. The molecule has 1 rings (SSSR count). The molecule has 0 N–H and O–H groups in total. The van der Waals surface area contributed by atoms with E-state index in [1.807, 2.05) is 4.90 Å². The Hall–Kier alpha value is -0.320. The molecule has 0 aromatic rings. The maximum atomic E-state index is 11.8. The monoisotopic (exact) mass is 249 g/mol. The van der Waals surface area contributed by atoms with Crippen LogP contribution in [0, 0.1) is 0 Å². The number of amides is 1. The lowest BCUT2D eigenvalue weighted by Crippen LogP contribution is -2.46. The van der Waals surface area contributed by atoms with Crippen LogP contribution in [0.3, 0.4) is 0 Å². The van der Waals surface area contributed by atoms with Gasteiger partial charge in [0.25, 0.3) is 0 Å². The summed E-state index contributed by atoms with van der Waals surface area (Å²) in [6, 6.07) is 0.386. The molecule has 1 aliphatic carbocycles. The maximum Gasteiger partial charge on any atom is 0.248 e. The fourth-order valence-electron chi connectivity index (χ4n) is 1.68. The van der Waals surface area contributed by atoms with Crippen molar-refractivity contribution >= 4 is 17.5 Å². The predicted molar refractivity (Wildman–Crippen MR) is 62.8 cm³/mol. The van der Waals surface area contributed by atoms with Crippen LogP contribution in [0.15, 0.2) is 0 Å². The summed E-state index contributed by atoms with van der Waals surface area (Å²) in [4.78, 5) is 13.7. The molecule has 1 saturated carbocycles. The lowest BCUT2D eigenvalue weighted by molar-refractivity contribution is -0.140. The van der Waals surface area contributed by atoms with Gasteiger partial charge in [-0.2, -0.15) is 0 Å². The van der Waals surface area contributed by atoms with Crippen LogP contribution in [-0.2, 0) is 14.3 Å². The standard InChI is InChI=1S/C11H20ClNO3/c1-15-7-8-16-9-11(14)13(6-5-12)10-3-2-4-10/h10H,2-9H2,1H3. The van der Waals surface area contributed by atoms with E-state index in [-0.39, 0.29) is 12.5 Å². The lowest BCUT2D eigenvalue weighted by Gasteiger charge is -2.37. The van der Waals surface area contributed by atoms with Crippen molar-refractivity contribution in [1.82, 2.24) is 4.90 Å². The van der Waals surface area contributed by atoms with E-state index >= 15 is 0 Å². The van der Waals surface area contributed by atoms with Crippen LogP contribution in [-0.4, -0.2) is 56.2 Å². The summed E-state index contributed by atoms with van der Waals surface area (Å²) in [5, 5.41) is 0. The van der Waals surface area contributed by atoms with Crippen molar-refractivity contribution in [3.8, 4) is 0 Å². The van der Waals surface area contributed by atoms with Crippen molar-refractivity contribution in [1.29, 1.82) is 0 Å². The molecular formula is C11H20ClNO3. The highest BCUT2D eigenvalue weighted by Gasteiger charge is 2.27. The third-order valence-corrected chi connectivity index (χ3v) is 2.99. The van der Waals surface area contributed by atoms with Gasteiger partial charge < -0.3 is 14.4 Å². The largest absolute Gasteiger partial charge is 0.382 e. The third-order valence-electron chi connectivity index (χ3n) is 2.82. The summed E-state index contributed by atoms with van der Waals surface area (Å²) in [5.41, 5.74) is 0. The number of halogens is 1. The molecule has 4 nitrogen and oxygen atoms in total. The molecule has 94 valence electrons. The molecule has 1 fully saturated rings. The van der Waals surface area contributed by atoms with Gasteiger partial charge in [0.2, 0.25) is 5.91 Å². The summed E-state index contributed by atoms with van der Waals surface area (Å²) in [7, 11) is 1.61. The first kappa shape index (κ1) is 13.7. The van der Waals surface area contributed by atoms with Gasteiger partial charge in [-0.1, -0.05) is 0 Å².